The Labute approximate surface area is 98.0 Å². The van der Waals surface area contributed by atoms with Crippen molar-refractivity contribution in [2.75, 3.05) is 6.54 Å². The van der Waals surface area contributed by atoms with Gasteiger partial charge in [-0.2, -0.15) is 0 Å². The Morgan fingerprint density at radius 2 is 2.25 bits per heavy atom. The third kappa shape index (κ3) is 2.76. The zero-order valence-corrected chi connectivity index (χ0v) is 9.79. The first-order valence-corrected chi connectivity index (χ1v) is 6.31. The molecule has 88 valence electrons. The molecule has 0 atom stereocenters. The molecule has 2 rings (SSSR count). The molecule has 0 aliphatic heterocycles. The van der Waals surface area contributed by atoms with E-state index in [2.05, 4.69) is 14.9 Å². The Kier molecular flexibility index (Phi) is 3.50. The van der Waals surface area contributed by atoms with Crippen molar-refractivity contribution in [1.82, 2.24) is 14.9 Å². The predicted octanol–water partition coefficient (Wildman–Crippen LogP) is 0.963. The van der Waals surface area contributed by atoms with E-state index in [1.807, 2.05) is 0 Å². The van der Waals surface area contributed by atoms with Gasteiger partial charge < -0.3 is 10.4 Å². The maximum Gasteiger partial charge on any atom is 0.272 e. The summed E-state index contributed by atoms with van der Waals surface area (Å²) in [6.45, 7) is 0.309. The molecule has 1 aliphatic rings. The number of rotatable bonds is 3. The number of carbonyl (C=O) groups excluding carboxylic acids is 1. The molecule has 2 N–H and O–H groups in total. The van der Waals surface area contributed by atoms with Gasteiger partial charge in [-0.05, 0) is 24.4 Å². The molecule has 1 aromatic rings. The fraction of sp³-hybridized carbons (Fsp3) is 0.700. The van der Waals surface area contributed by atoms with E-state index in [0.717, 1.165) is 37.2 Å². The minimum atomic E-state index is -0.725. The molecule has 0 unspecified atom stereocenters. The van der Waals surface area contributed by atoms with E-state index in [1.165, 1.54) is 6.42 Å². The van der Waals surface area contributed by atoms with Crippen molar-refractivity contribution in [3.8, 4) is 0 Å². The lowest BCUT2D eigenvalue weighted by Gasteiger charge is -2.31. The van der Waals surface area contributed by atoms with Crippen molar-refractivity contribution < 1.29 is 9.90 Å². The first-order valence-electron chi connectivity index (χ1n) is 5.47. The Morgan fingerprint density at radius 3 is 2.88 bits per heavy atom. The van der Waals surface area contributed by atoms with Crippen molar-refractivity contribution in [2.45, 2.75) is 37.7 Å². The summed E-state index contributed by atoms with van der Waals surface area (Å²) in [5.41, 5.74) is -0.401. The molecule has 0 spiro atoms. The molecule has 6 heteroatoms. The van der Waals surface area contributed by atoms with Crippen LogP contribution >= 0.6 is 11.5 Å². The lowest BCUT2D eigenvalue weighted by molar-refractivity contribution is 0.00521. The Balaban J connectivity index is 1.84. The molecule has 1 saturated carbocycles. The van der Waals surface area contributed by atoms with Crippen molar-refractivity contribution in [3.63, 3.8) is 0 Å². The fourth-order valence-electron chi connectivity index (χ4n) is 1.99. The van der Waals surface area contributed by atoms with E-state index >= 15 is 0 Å². The van der Waals surface area contributed by atoms with Crippen LogP contribution in [0.5, 0.6) is 0 Å². The first kappa shape index (κ1) is 11.5. The van der Waals surface area contributed by atoms with Gasteiger partial charge in [0.2, 0.25) is 0 Å². The molecule has 16 heavy (non-hydrogen) atoms. The van der Waals surface area contributed by atoms with Crippen molar-refractivity contribution in [2.24, 2.45) is 0 Å². The zero-order chi connectivity index (χ0) is 11.4. The Hall–Kier alpha value is -1.01. The maximum atomic E-state index is 11.6. The number of nitrogens with zero attached hydrogens (tertiary/aromatic N) is 2. The van der Waals surface area contributed by atoms with Gasteiger partial charge >= 0.3 is 0 Å². The number of amides is 1. The van der Waals surface area contributed by atoms with E-state index in [9.17, 15) is 9.90 Å². The van der Waals surface area contributed by atoms with Crippen LogP contribution in [0.4, 0.5) is 0 Å². The predicted molar refractivity (Wildman–Crippen MR) is 60.3 cm³/mol. The lowest BCUT2D eigenvalue weighted by Crippen LogP contribution is -2.44. The first-order chi connectivity index (χ1) is 7.70. The van der Waals surface area contributed by atoms with Gasteiger partial charge in [0.15, 0.2) is 5.69 Å². The van der Waals surface area contributed by atoms with Crippen LogP contribution in [0.3, 0.4) is 0 Å². The molecule has 1 aliphatic carbocycles. The summed E-state index contributed by atoms with van der Waals surface area (Å²) < 4.78 is 3.62. The average Bonchev–Trinajstić information content (AvgIpc) is 2.80. The minimum absolute atomic E-state index is 0.257. The third-order valence-corrected chi connectivity index (χ3v) is 3.46. The van der Waals surface area contributed by atoms with Gasteiger partial charge in [0, 0.05) is 11.9 Å². The number of carbonyl (C=O) groups is 1. The van der Waals surface area contributed by atoms with Crippen LogP contribution in [-0.4, -0.2) is 32.7 Å². The summed E-state index contributed by atoms with van der Waals surface area (Å²) in [7, 11) is 0. The largest absolute Gasteiger partial charge is 0.388 e. The molecule has 1 amide bonds. The van der Waals surface area contributed by atoms with Crippen LogP contribution in [0.25, 0.3) is 0 Å². The van der Waals surface area contributed by atoms with Crippen LogP contribution in [-0.2, 0) is 0 Å². The monoisotopic (exact) mass is 241 g/mol. The molecule has 0 bridgehead atoms. The number of aromatic nitrogens is 2. The van der Waals surface area contributed by atoms with Crippen molar-refractivity contribution in [1.29, 1.82) is 0 Å². The highest BCUT2D eigenvalue weighted by molar-refractivity contribution is 7.03. The van der Waals surface area contributed by atoms with E-state index < -0.39 is 5.60 Å². The van der Waals surface area contributed by atoms with Crippen LogP contribution in [0, 0.1) is 0 Å². The fourth-order valence-corrected chi connectivity index (χ4v) is 2.42. The summed E-state index contributed by atoms with van der Waals surface area (Å²) in [5, 5.41) is 18.2. The quantitative estimate of drug-likeness (QED) is 0.826. The number of aliphatic hydroxyl groups is 1. The molecule has 1 aromatic heterocycles. The molecule has 5 nitrogen and oxygen atoms in total. The lowest BCUT2D eigenvalue weighted by atomic mass is 9.85. The van der Waals surface area contributed by atoms with E-state index in [0.29, 0.717) is 12.2 Å². The molecule has 0 saturated heterocycles. The minimum Gasteiger partial charge on any atom is -0.388 e. The molecule has 0 aromatic carbocycles. The van der Waals surface area contributed by atoms with Gasteiger partial charge in [0.25, 0.3) is 5.91 Å². The molecule has 1 heterocycles. The van der Waals surface area contributed by atoms with E-state index in [4.69, 9.17) is 0 Å². The van der Waals surface area contributed by atoms with Crippen molar-refractivity contribution >= 4 is 17.4 Å². The van der Waals surface area contributed by atoms with Crippen molar-refractivity contribution in [3.05, 3.63) is 11.1 Å². The summed E-state index contributed by atoms with van der Waals surface area (Å²) in [5.74, 6) is -0.257. The highest BCUT2D eigenvalue weighted by atomic mass is 32.1. The van der Waals surface area contributed by atoms with Gasteiger partial charge in [-0.3, -0.25) is 4.79 Å². The number of hydrogen-bond donors (Lipinski definition) is 2. The van der Waals surface area contributed by atoms with Gasteiger partial charge in [0.1, 0.15) is 0 Å². The number of hydrogen-bond acceptors (Lipinski definition) is 5. The second-order valence-corrected chi connectivity index (χ2v) is 4.87. The summed E-state index contributed by atoms with van der Waals surface area (Å²) in [6, 6.07) is 0. The molecule has 1 fully saturated rings. The second-order valence-electron chi connectivity index (χ2n) is 4.26. The standard InChI is InChI=1S/C10H15N3O2S/c14-9(8-6-16-13-12-8)11-7-10(15)4-2-1-3-5-10/h6,15H,1-5,7H2,(H,11,14). The highest BCUT2D eigenvalue weighted by Gasteiger charge is 2.29. The van der Waals surface area contributed by atoms with Crippen LogP contribution in [0.2, 0.25) is 0 Å². The maximum absolute atomic E-state index is 11.6. The molecule has 0 radical (unpaired) electrons. The zero-order valence-electron chi connectivity index (χ0n) is 8.98. The topological polar surface area (TPSA) is 75.1 Å². The van der Waals surface area contributed by atoms with Crippen LogP contribution < -0.4 is 5.32 Å². The third-order valence-electron chi connectivity index (χ3n) is 2.95. The SMILES string of the molecule is O=C(NCC1(O)CCCCC1)c1csnn1. The summed E-state index contributed by atoms with van der Waals surface area (Å²) in [6.07, 6.45) is 4.77. The van der Waals surface area contributed by atoms with Gasteiger partial charge in [0.05, 0.1) is 5.60 Å². The average molecular weight is 241 g/mol. The second kappa shape index (κ2) is 4.88. The molecular weight excluding hydrogens is 226 g/mol. The van der Waals surface area contributed by atoms with Gasteiger partial charge in [-0.15, -0.1) is 5.10 Å². The van der Waals surface area contributed by atoms with Crippen LogP contribution in [0.15, 0.2) is 5.38 Å². The van der Waals surface area contributed by atoms with E-state index in [1.54, 1.807) is 5.38 Å². The normalized spacial score (nSPS) is 19.3. The summed E-state index contributed by atoms with van der Waals surface area (Å²) >= 11 is 1.14. The summed E-state index contributed by atoms with van der Waals surface area (Å²) in [4.78, 5) is 11.6. The van der Waals surface area contributed by atoms with Gasteiger partial charge in [-0.25, -0.2) is 0 Å². The smallest absolute Gasteiger partial charge is 0.272 e. The van der Waals surface area contributed by atoms with Crippen LogP contribution in [0.1, 0.15) is 42.6 Å². The van der Waals surface area contributed by atoms with E-state index in [-0.39, 0.29) is 5.91 Å². The van der Waals surface area contributed by atoms with Gasteiger partial charge in [-0.1, -0.05) is 23.8 Å². The number of nitrogens with one attached hydrogen (secondary N) is 1. The molecular formula is C10H15N3O2S. The highest BCUT2D eigenvalue weighted by Crippen LogP contribution is 2.27. The Bertz CT molecular complexity index is 347. The Morgan fingerprint density at radius 1 is 1.50 bits per heavy atom.